The highest BCUT2D eigenvalue weighted by Crippen LogP contribution is 2.25. The molecular weight excluding hydrogens is 269 g/mol. The van der Waals surface area contributed by atoms with Crippen LogP contribution in [0.15, 0.2) is 24.4 Å². The van der Waals surface area contributed by atoms with Crippen molar-refractivity contribution in [1.82, 2.24) is 20.6 Å². The van der Waals surface area contributed by atoms with Crippen LogP contribution < -0.4 is 5.32 Å². The molecule has 20 heavy (non-hydrogen) atoms. The number of aromatic nitrogens is 4. The van der Waals surface area contributed by atoms with Gasteiger partial charge in [0.25, 0.3) is 5.69 Å². The quantitative estimate of drug-likeness (QED) is 0.486. The number of allylic oxidation sites excluding steroid dienone is 1. The van der Waals surface area contributed by atoms with E-state index in [1.807, 2.05) is 0 Å². The van der Waals surface area contributed by atoms with Crippen molar-refractivity contribution >= 4 is 16.9 Å². The molecule has 9 nitrogen and oxygen atoms in total. The minimum absolute atomic E-state index is 0.0115. The van der Waals surface area contributed by atoms with Gasteiger partial charge >= 0.3 is 0 Å². The predicted octanol–water partition coefficient (Wildman–Crippen LogP) is 1.22. The first-order valence-corrected chi connectivity index (χ1v) is 5.16. The lowest BCUT2D eigenvalue weighted by Crippen LogP contribution is -1.98. The number of hydrogen-bond acceptors (Lipinski definition) is 7. The van der Waals surface area contributed by atoms with Crippen LogP contribution in [0.3, 0.4) is 0 Å². The molecule has 0 bridgehead atoms. The van der Waals surface area contributed by atoms with E-state index in [0.29, 0.717) is 0 Å². The number of nitrogens with one attached hydrogen (secondary N) is 2. The van der Waals surface area contributed by atoms with Crippen molar-refractivity contribution < 1.29 is 9.31 Å². The molecular formula is C10H6FN7O2. The summed E-state index contributed by atoms with van der Waals surface area (Å²) in [5.74, 6) is -0.699. The summed E-state index contributed by atoms with van der Waals surface area (Å²) in [6.45, 7) is 0. The van der Waals surface area contributed by atoms with Crippen molar-refractivity contribution in [2.24, 2.45) is 0 Å². The Bertz CT molecular complexity index is 705. The number of H-pyrrole nitrogens is 1. The zero-order chi connectivity index (χ0) is 14.5. The van der Waals surface area contributed by atoms with Gasteiger partial charge in [0.1, 0.15) is 23.1 Å². The molecule has 2 aromatic rings. The molecule has 2 N–H and O–H groups in total. The molecule has 1 heterocycles. The maximum Gasteiger partial charge on any atom is 0.295 e. The van der Waals surface area contributed by atoms with E-state index in [0.717, 1.165) is 12.1 Å². The normalized spacial score (nSPS) is 10.9. The first-order valence-electron chi connectivity index (χ1n) is 5.16. The molecule has 0 saturated heterocycles. The number of nitro benzene ring substituents is 1. The Morgan fingerprint density at radius 3 is 3.00 bits per heavy atom. The predicted molar refractivity (Wildman–Crippen MR) is 64.4 cm³/mol. The Morgan fingerprint density at radius 1 is 1.60 bits per heavy atom. The number of nitriles is 1. The summed E-state index contributed by atoms with van der Waals surface area (Å²) in [6, 6.07) is 4.83. The average Bonchev–Trinajstić information content (AvgIpc) is 2.94. The summed E-state index contributed by atoms with van der Waals surface area (Å²) in [5.41, 5.74) is -0.406. The maximum absolute atomic E-state index is 13.0. The second-order valence-electron chi connectivity index (χ2n) is 3.47. The minimum atomic E-state index is -0.736. The van der Waals surface area contributed by atoms with Crippen LogP contribution in [0.25, 0.3) is 5.57 Å². The molecule has 0 aliphatic rings. The highest BCUT2D eigenvalue weighted by atomic mass is 19.1. The van der Waals surface area contributed by atoms with Gasteiger partial charge in [-0.2, -0.15) is 10.5 Å². The summed E-state index contributed by atoms with van der Waals surface area (Å²) in [6.07, 6.45) is 1.17. The highest BCUT2D eigenvalue weighted by Gasteiger charge is 2.14. The number of anilines is 1. The highest BCUT2D eigenvalue weighted by molar-refractivity contribution is 5.75. The molecule has 0 atom stereocenters. The number of tetrazole rings is 1. The molecule has 0 aliphatic carbocycles. The van der Waals surface area contributed by atoms with Crippen molar-refractivity contribution in [2.75, 3.05) is 5.32 Å². The van der Waals surface area contributed by atoms with Crippen LogP contribution in [0, 0.1) is 27.3 Å². The molecule has 0 radical (unpaired) electrons. The van der Waals surface area contributed by atoms with Crippen molar-refractivity contribution in [3.63, 3.8) is 0 Å². The molecule has 0 spiro atoms. The number of aromatic amines is 1. The maximum atomic E-state index is 13.0. The van der Waals surface area contributed by atoms with E-state index in [1.54, 1.807) is 6.07 Å². The third kappa shape index (κ3) is 2.72. The Kier molecular flexibility index (Phi) is 3.62. The second-order valence-corrected chi connectivity index (χ2v) is 3.47. The van der Waals surface area contributed by atoms with Crippen LogP contribution >= 0.6 is 0 Å². The van der Waals surface area contributed by atoms with Crippen molar-refractivity contribution in [2.45, 2.75) is 0 Å². The van der Waals surface area contributed by atoms with E-state index < -0.39 is 16.4 Å². The summed E-state index contributed by atoms with van der Waals surface area (Å²) in [7, 11) is 0. The third-order valence-electron chi connectivity index (χ3n) is 2.24. The van der Waals surface area contributed by atoms with Gasteiger partial charge in [-0.1, -0.05) is 0 Å². The molecule has 0 unspecified atom stereocenters. The van der Waals surface area contributed by atoms with Crippen LogP contribution in [0.1, 0.15) is 5.82 Å². The molecule has 0 saturated carbocycles. The molecule has 1 aromatic heterocycles. The fourth-order valence-electron chi connectivity index (χ4n) is 1.35. The van der Waals surface area contributed by atoms with Crippen molar-refractivity contribution in [1.29, 1.82) is 5.26 Å². The molecule has 0 amide bonds. The van der Waals surface area contributed by atoms with Gasteiger partial charge in [-0.15, -0.1) is 10.2 Å². The van der Waals surface area contributed by atoms with Gasteiger partial charge in [0.15, 0.2) is 0 Å². The van der Waals surface area contributed by atoms with Gasteiger partial charge < -0.3 is 5.32 Å². The van der Waals surface area contributed by atoms with Gasteiger partial charge in [-0.05, 0) is 17.3 Å². The van der Waals surface area contributed by atoms with E-state index in [9.17, 15) is 14.5 Å². The third-order valence-corrected chi connectivity index (χ3v) is 2.24. The van der Waals surface area contributed by atoms with E-state index in [4.69, 9.17) is 5.26 Å². The first-order chi connectivity index (χ1) is 9.61. The van der Waals surface area contributed by atoms with Crippen LogP contribution in [-0.2, 0) is 0 Å². The molecule has 0 fully saturated rings. The lowest BCUT2D eigenvalue weighted by molar-refractivity contribution is -0.384. The zero-order valence-electron chi connectivity index (χ0n) is 9.74. The Balaban J connectivity index is 2.31. The smallest absolute Gasteiger partial charge is 0.295 e. The van der Waals surface area contributed by atoms with Gasteiger partial charge in [-0.25, -0.2) is 4.39 Å². The van der Waals surface area contributed by atoms with Gasteiger partial charge in [0.05, 0.1) is 11.0 Å². The minimum Gasteiger partial charge on any atom is -0.355 e. The topological polar surface area (TPSA) is 133 Å². The van der Waals surface area contributed by atoms with E-state index in [-0.39, 0.29) is 17.1 Å². The number of halogens is 1. The van der Waals surface area contributed by atoms with Gasteiger partial charge in [-0.3, -0.25) is 10.1 Å². The van der Waals surface area contributed by atoms with Gasteiger partial charge in [0.2, 0.25) is 5.82 Å². The summed E-state index contributed by atoms with van der Waals surface area (Å²) in [4.78, 5) is 10.1. The van der Waals surface area contributed by atoms with E-state index in [2.05, 4.69) is 25.9 Å². The number of benzene rings is 1. The van der Waals surface area contributed by atoms with E-state index in [1.165, 1.54) is 12.3 Å². The first kappa shape index (κ1) is 13.1. The van der Waals surface area contributed by atoms with Crippen LogP contribution in [-0.4, -0.2) is 25.5 Å². The molecule has 2 rings (SSSR count). The molecule has 100 valence electrons. The molecule has 10 heteroatoms. The largest absolute Gasteiger partial charge is 0.355 e. The zero-order valence-corrected chi connectivity index (χ0v) is 9.74. The number of nitro groups is 1. The van der Waals surface area contributed by atoms with Crippen molar-refractivity contribution in [3.05, 3.63) is 46.2 Å². The summed E-state index contributed by atoms with van der Waals surface area (Å²) in [5, 5.41) is 34.9. The number of nitrogens with zero attached hydrogens (tertiary/aromatic N) is 5. The Labute approximate surface area is 110 Å². The summed E-state index contributed by atoms with van der Waals surface area (Å²) >= 11 is 0. The number of hydrogen-bond donors (Lipinski definition) is 2. The van der Waals surface area contributed by atoms with Crippen LogP contribution in [0.2, 0.25) is 0 Å². The monoisotopic (exact) mass is 275 g/mol. The lowest BCUT2D eigenvalue weighted by Gasteiger charge is -2.02. The average molecular weight is 275 g/mol. The standard InChI is InChI=1S/C10H6FN7O2/c11-7-1-2-8(9(3-7)18(19)20)13-5-6(4-12)10-14-16-17-15-10/h1-3,5,13H,(H,14,15,16,17). The molecule has 0 aliphatic heterocycles. The van der Waals surface area contributed by atoms with E-state index >= 15 is 0 Å². The van der Waals surface area contributed by atoms with Gasteiger partial charge in [0, 0.05) is 6.20 Å². The second kappa shape index (κ2) is 5.53. The SMILES string of the molecule is N#CC(=CNc1ccc(F)cc1[N+](=O)[O-])c1nn[nH]n1. The summed E-state index contributed by atoms with van der Waals surface area (Å²) < 4.78 is 13.0. The lowest BCUT2D eigenvalue weighted by atomic mass is 10.2. The van der Waals surface area contributed by atoms with Crippen LogP contribution in [0.4, 0.5) is 15.8 Å². The van der Waals surface area contributed by atoms with Crippen LogP contribution in [0.5, 0.6) is 0 Å². The Morgan fingerprint density at radius 2 is 2.40 bits per heavy atom. The fourth-order valence-corrected chi connectivity index (χ4v) is 1.35. The molecule has 1 aromatic carbocycles. The van der Waals surface area contributed by atoms with Crippen molar-refractivity contribution in [3.8, 4) is 6.07 Å². The Hall–Kier alpha value is -3.35. The number of rotatable bonds is 4. The fraction of sp³-hybridized carbons (Fsp3) is 0.